The molecule has 1 atom stereocenters. The Morgan fingerprint density at radius 2 is 1.44 bits per heavy atom. The Morgan fingerprint density at radius 3 is 2.10 bits per heavy atom. The van der Waals surface area contributed by atoms with Gasteiger partial charge >= 0.3 is 0 Å². The highest BCUT2D eigenvalue weighted by atomic mass is 16.5. The number of rotatable bonds is 9. The van der Waals surface area contributed by atoms with E-state index in [-0.39, 0.29) is 6.61 Å². The molecule has 3 N–H and O–H groups in total. The maximum atomic E-state index is 10.6. The van der Waals surface area contributed by atoms with Crippen LogP contribution in [0, 0.1) is 13.8 Å². The SMILES string of the molecule is Cc1cc(OCC(O)CN2CCC(c3ccc(-c4ccc(Oc5ccccc5)cc4)cc3)CC2)c(C)cc1N. The van der Waals surface area contributed by atoms with Crippen molar-refractivity contribution < 1.29 is 14.6 Å². The topological polar surface area (TPSA) is 68.0 Å². The highest BCUT2D eigenvalue weighted by Crippen LogP contribution is 2.31. The van der Waals surface area contributed by atoms with Crippen molar-refractivity contribution in [2.75, 3.05) is 32.0 Å². The van der Waals surface area contributed by atoms with Gasteiger partial charge in [-0.1, -0.05) is 54.6 Å². The van der Waals surface area contributed by atoms with E-state index in [1.165, 1.54) is 16.7 Å². The fourth-order valence-electron chi connectivity index (χ4n) is 5.24. The summed E-state index contributed by atoms with van der Waals surface area (Å²) < 4.78 is 11.8. The number of β-amino-alcohol motifs (C(OH)–C–C–N with tert-alkyl or cyclic N) is 1. The summed E-state index contributed by atoms with van der Waals surface area (Å²) in [6.07, 6.45) is 1.66. The monoisotopic (exact) mass is 522 g/mol. The van der Waals surface area contributed by atoms with Gasteiger partial charge in [-0.15, -0.1) is 0 Å². The average Bonchev–Trinajstić information content (AvgIpc) is 2.96. The first-order valence-electron chi connectivity index (χ1n) is 13.8. The third-order valence-corrected chi connectivity index (χ3v) is 7.60. The van der Waals surface area contributed by atoms with E-state index >= 15 is 0 Å². The van der Waals surface area contributed by atoms with E-state index < -0.39 is 6.10 Å². The number of aliphatic hydroxyl groups excluding tert-OH is 1. The zero-order chi connectivity index (χ0) is 27.2. The molecular formula is C34H38N2O3. The summed E-state index contributed by atoms with van der Waals surface area (Å²) in [7, 11) is 0. The van der Waals surface area contributed by atoms with Gasteiger partial charge in [0.2, 0.25) is 0 Å². The Bertz CT molecular complexity index is 1350. The number of hydrogen-bond acceptors (Lipinski definition) is 5. The summed E-state index contributed by atoms with van der Waals surface area (Å²) in [4.78, 5) is 2.35. The van der Waals surface area contributed by atoms with Gasteiger partial charge in [0.1, 0.15) is 30.0 Å². The molecule has 202 valence electrons. The molecule has 1 unspecified atom stereocenters. The lowest BCUT2D eigenvalue weighted by molar-refractivity contribution is 0.0592. The lowest BCUT2D eigenvalue weighted by Gasteiger charge is -2.33. The van der Waals surface area contributed by atoms with Crippen LogP contribution in [0.2, 0.25) is 0 Å². The van der Waals surface area contributed by atoms with Gasteiger partial charge < -0.3 is 25.2 Å². The molecule has 1 aliphatic rings. The van der Waals surface area contributed by atoms with E-state index in [4.69, 9.17) is 15.2 Å². The highest BCUT2D eigenvalue weighted by molar-refractivity contribution is 5.64. The molecule has 39 heavy (non-hydrogen) atoms. The lowest BCUT2D eigenvalue weighted by Crippen LogP contribution is -2.40. The van der Waals surface area contributed by atoms with Gasteiger partial charge in [0.25, 0.3) is 0 Å². The van der Waals surface area contributed by atoms with E-state index in [9.17, 15) is 5.11 Å². The molecule has 1 heterocycles. The Kier molecular flexibility index (Phi) is 8.50. The van der Waals surface area contributed by atoms with Crippen molar-refractivity contribution in [1.29, 1.82) is 0 Å². The zero-order valence-electron chi connectivity index (χ0n) is 22.8. The second-order valence-corrected chi connectivity index (χ2v) is 10.6. The molecule has 0 aliphatic carbocycles. The smallest absolute Gasteiger partial charge is 0.127 e. The first kappa shape index (κ1) is 26.8. The number of para-hydroxylation sites is 1. The number of aryl methyl sites for hydroxylation is 2. The van der Waals surface area contributed by atoms with Crippen LogP contribution < -0.4 is 15.2 Å². The maximum Gasteiger partial charge on any atom is 0.127 e. The molecule has 0 bridgehead atoms. The van der Waals surface area contributed by atoms with Crippen molar-refractivity contribution in [3.63, 3.8) is 0 Å². The number of anilines is 1. The second kappa shape index (κ2) is 12.4. The van der Waals surface area contributed by atoms with Crippen LogP contribution >= 0.6 is 0 Å². The van der Waals surface area contributed by atoms with Crippen LogP contribution in [-0.2, 0) is 0 Å². The first-order chi connectivity index (χ1) is 18.9. The van der Waals surface area contributed by atoms with Gasteiger partial charge in [-0.25, -0.2) is 0 Å². The van der Waals surface area contributed by atoms with E-state index in [0.717, 1.165) is 60.0 Å². The quantitative estimate of drug-likeness (QED) is 0.233. The minimum absolute atomic E-state index is 0.283. The number of aliphatic hydroxyl groups is 1. The average molecular weight is 523 g/mol. The van der Waals surface area contributed by atoms with E-state index in [1.54, 1.807) is 0 Å². The van der Waals surface area contributed by atoms with Crippen molar-refractivity contribution in [3.8, 4) is 28.4 Å². The molecular weight excluding hydrogens is 484 g/mol. The van der Waals surface area contributed by atoms with Crippen molar-refractivity contribution in [2.24, 2.45) is 0 Å². The minimum Gasteiger partial charge on any atom is -0.491 e. The number of nitrogens with zero attached hydrogens (tertiary/aromatic N) is 1. The summed E-state index contributed by atoms with van der Waals surface area (Å²) in [5.74, 6) is 3.01. The number of ether oxygens (including phenoxy) is 2. The predicted octanol–water partition coefficient (Wildman–Crippen LogP) is 6.96. The predicted molar refractivity (Wildman–Crippen MR) is 159 cm³/mol. The lowest BCUT2D eigenvalue weighted by atomic mass is 9.88. The molecule has 1 aliphatic heterocycles. The van der Waals surface area contributed by atoms with Gasteiger partial charge in [0.05, 0.1) is 0 Å². The van der Waals surface area contributed by atoms with Crippen LogP contribution in [0.15, 0.2) is 91.0 Å². The van der Waals surface area contributed by atoms with Gasteiger partial charge in [0, 0.05) is 12.2 Å². The molecule has 1 saturated heterocycles. The number of nitrogen functional groups attached to an aromatic ring is 1. The fourth-order valence-corrected chi connectivity index (χ4v) is 5.24. The molecule has 5 heteroatoms. The Morgan fingerprint density at radius 1 is 0.821 bits per heavy atom. The summed E-state index contributed by atoms with van der Waals surface area (Å²) >= 11 is 0. The summed E-state index contributed by atoms with van der Waals surface area (Å²) in [5.41, 5.74) is 12.5. The van der Waals surface area contributed by atoms with Gasteiger partial charge in [-0.3, -0.25) is 0 Å². The van der Waals surface area contributed by atoms with Crippen LogP contribution in [0.3, 0.4) is 0 Å². The highest BCUT2D eigenvalue weighted by Gasteiger charge is 2.22. The Labute approximate surface area is 231 Å². The number of likely N-dealkylation sites (tertiary alicyclic amines) is 1. The van der Waals surface area contributed by atoms with E-state index in [2.05, 4.69) is 41.3 Å². The fraction of sp³-hybridized carbons (Fsp3) is 0.294. The van der Waals surface area contributed by atoms with Crippen LogP contribution in [0.4, 0.5) is 5.69 Å². The zero-order valence-corrected chi connectivity index (χ0v) is 22.8. The first-order valence-corrected chi connectivity index (χ1v) is 13.8. The van der Waals surface area contributed by atoms with Crippen molar-refractivity contribution in [1.82, 2.24) is 4.90 Å². The molecule has 1 fully saturated rings. The number of nitrogens with two attached hydrogens (primary N) is 1. The largest absolute Gasteiger partial charge is 0.491 e. The van der Waals surface area contributed by atoms with Crippen LogP contribution in [0.1, 0.15) is 35.4 Å². The molecule has 0 spiro atoms. The molecule has 4 aromatic rings. The van der Waals surface area contributed by atoms with E-state index in [1.807, 2.05) is 68.4 Å². The molecule has 5 nitrogen and oxygen atoms in total. The summed E-state index contributed by atoms with van der Waals surface area (Å²) in [6.45, 7) is 6.81. The third kappa shape index (κ3) is 6.99. The summed E-state index contributed by atoms with van der Waals surface area (Å²) in [6, 6.07) is 30.9. The van der Waals surface area contributed by atoms with E-state index in [0.29, 0.717) is 12.5 Å². The third-order valence-electron chi connectivity index (χ3n) is 7.60. The Balaban J connectivity index is 1.09. The normalized spacial score (nSPS) is 15.2. The summed E-state index contributed by atoms with van der Waals surface area (Å²) in [5, 5.41) is 10.6. The van der Waals surface area contributed by atoms with Crippen molar-refractivity contribution in [2.45, 2.75) is 38.7 Å². The second-order valence-electron chi connectivity index (χ2n) is 10.6. The molecule has 0 radical (unpaired) electrons. The molecule has 5 rings (SSSR count). The van der Waals surface area contributed by atoms with Gasteiger partial charge in [0.15, 0.2) is 0 Å². The standard InChI is InChI=1S/C34H38N2O3/c1-24-21-34(25(2)20-33(24)35)38-23-30(37)22-36-18-16-29(17-19-36)27-10-8-26(9-11-27)28-12-14-32(15-13-28)39-31-6-4-3-5-7-31/h3-15,20-21,29-30,37H,16-19,22-23,35H2,1-2H3. The Hall–Kier alpha value is -3.80. The molecule has 0 amide bonds. The van der Waals surface area contributed by atoms with Crippen LogP contribution in [-0.4, -0.2) is 42.4 Å². The number of piperidine rings is 1. The molecule has 4 aromatic carbocycles. The van der Waals surface area contributed by atoms with Gasteiger partial charge in [-0.2, -0.15) is 0 Å². The van der Waals surface area contributed by atoms with Crippen LogP contribution in [0.5, 0.6) is 17.2 Å². The van der Waals surface area contributed by atoms with Crippen molar-refractivity contribution >= 4 is 5.69 Å². The molecule has 0 saturated carbocycles. The van der Waals surface area contributed by atoms with Crippen LogP contribution in [0.25, 0.3) is 11.1 Å². The van der Waals surface area contributed by atoms with Gasteiger partial charge in [-0.05, 0) is 110 Å². The molecule has 0 aromatic heterocycles. The number of hydrogen-bond donors (Lipinski definition) is 2. The minimum atomic E-state index is -0.525. The maximum absolute atomic E-state index is 10.6. The number of benzene rings is 4. The van der Waals surface area contributed by atoms with Crippen molar-refractivity contribution in [3.05, 3.63) is 108 Å².